The second-order valence-corrected chi connectivity index (χ2v) is 6.25. The number of hydrogen-bond donors (Lipinski definition) is 0. The molecule has 106 valence electrons. The molecular weight excluding hydrogens is 280 g/mol. The topological polar surface area (TPSA) is 15.6 Å². The van der Waals surface area contributed by atoms with Crippen molar-refractivity contribution in [1.29, 1.82) is 0 Å². The smallest absolute Gasteiger partial charge is 0.0828 e. The van der Waals surface area contributed by atoms with E-state index in [2.05, 4.69) is 41.4 Å². The van der Waals surface area contributed by atoms with Crippen molar-refractivity contribution >= 4 is 23.0 Å². The van der Waals surface area contributed by atoms with Gasteiger partial charge in [-0.2, -0.15) is 5.10 Å². The highest BCUT2D eigenvalue weighted by Crippen LogP contribution is 2.42. The number of nitrogens with zero attached hydrogens (tertiary/aromatic N) is 2. The van der Waals surface area contributed by atoms with E-state index in [4.69, 9.17) is 16.7 Å². The van der Waals surface area contributed by atoms with Crippen molar-refractivity contribution in [1.82, 2.24) is 0 Å². The van der Waals surface area contributed by atoms with Crippen LogP contribution in [-0.2, 0) is 0 Å². The van der Waals surface area contributed by atoms with E-state index in [9.17, 15) is 0 Å². The standard InChI is InChI=1S/C18H17ClN2/c19-15-10-8-14(9-11-15)18-12-17(13-6-7-13)20-21(18)16-4-2-1-3-5-16/h1-5,8-11,13,18H,6-7,12H2/t18-/m0/s1. The number of rotatable bonds is 3. The first-order valence-corrected chi connectivity index (χ1v) is 7.86. The molecule has 0 N–H and O–H groups in total. The lowest BCUT2D eigenvalue weighted by Crippen LogP contribution is -2.18. The number of hydrazone groups is 1. The molecule has 0 amide bonds. The van der Waals surface area contributed by atoms with Crippen molar-refractivity contribution in [3.05, 3.63) is 65.2 Å². The lowest BCUT2D eigenvalue weighted by Gasteiger charge is -2.24. The Bertz CT molecular complexity index is 659. The average Bonchev–Trinajstić information content (AvgIpc) is 3.28. The summed E-state index contributed by atoms with van der Waals surface area (Å²) in [5.41, 5.74) is 3.80. The van der Waals surface area contributed by atoms with Gasteiger partial charge in [0.1, 0.15) is 0 Å². The van der Waals surface area contributed by atoms with Crippen LogP contribution in [0.4, 0.5) is 5.69 Å². The van der Waals surface area contributed by atoms with Gasteiger partial charge in [-0.05, 0) is 48.6 Å². The van der Waals surface area contributed by atoms with E-state index in [1.54, 1.807) is 0 Å². The van der Waals surface area contributed by atoms with Crippen molar-refractivity contribution in [2.75, 3.05) is 5.01 Å². The Morgan fingerprint density at radius 3 is 2.33 bits per heavy atom. The van der Waals surface area contributed by atoms with Crippen LogP contribution >= 0.6 is 11.6 Å². The molecule has 0 aromatic heterocycles. The summed E-state index contributed by atoms with van der Waals surface area (Å²) in [5.74, 6) is 0.716. The van der Waals surface area contributed by atoms with Gasteiger partial charge in [-0.25, -0.2) is 0 Å². The van der Waals surface area contributed by atoms with E-state index >= 15 is 0 Å². The molecule has 3 heteroatoms. The predicted octanol–water partition coefficient (Wildman–Crippen LogP) is 5.06. The summed E-state index contributed by atoms with van der Waals surface area (Å²) in [5, 5.41) is 7.88. The fourth-order valence-electron chi connectivity index (χ4n) is 2.96. The van der Waals surface area contributed by atoms with Gasteiger partial charge in [0.25, 0.3) is 0 Å². The van der Waals surface area contributed by atoms with Crippen molar-refractivity contribution in [3.8, 4) is 0 Å². The second-order valence-electron chi connectivity index (χ2n) is 5.82. The van der Waals surface area contributed by atoms with E-state index in [1.807, 2.05) is 18.2 Å². The molecule has 0 spiro atoms. The van der Waals surface area contributed by atoms with Crippen LogP contribution < -0.4 is 5.01 Å². The molecule has 1 saturated carbocycles. The highest BCUT2D eigenvalue weighted by Gasteiger charge is 2.36. The predicted molar refractivity (Wildman–Crippen MR) is 87.9 cm³/mol. The van der Waals surface area contributed by atoms with Crippen LogP contribution in [0.25, 0.3) is 0 Å². The van der Waals surface area contributed by atoms with Crippen molar-refractivity contribution in [3.63, 3.8) is 0 Å². The van der Waals surface area contributed by atoms with Gasteiger partial charge in [-0.3, -0.25) is 5.01 Å². The monoisotopic (exact) mass is 296 g/mol. The zero-order chi connectivity index (χ0) is 14.2. The third kappa shape index (κ3) is 2.56. The molecule has 0 saturated heterocycles. The van der Waals surface area contributed by atoms with Gasteiger partial charge in [0.2, 0.25) is 0 Å². The van der Waals surface area contributed by atoms with E-state index < -0.39 is 0 Å². The average molecular weight is 297 g/mol. The first-order valence-electron chi connectivity index (χ1n) is 7.48. The molecular formula is C18H17ClN2. The Hall–Kier alpha value is -1.80. The molecule has 2 nitrogen and oxygen atoms in total. The Kier molecular flexibility index (Phi) is 3.19. The van der Waals surface area contributed by atoms with Gasteiger partial charge >= 0.3 is 0 Å². The highest BCUT2D eigenvalue weighted by atomic mass is 35.5. The SMILES string of the molecule is Clc1ccc([C@@H]2CC(C3CC3)=NN2c2ccccc2)cc1. The summed E-state index contributed by atoms with van der Waals surface area (Å²) < 4.78 is 0. The largest absolute Gasteiger partial charge is 0.258 e. The summed E-state index contributed by atoms with van der Waals surface area (Å²) in [6, 6.07) is 18.9. The van der Waals surface area contributed by atoms with Crippen molar-refractivity contribution in [2.45, 2.75) is 25.3 Å². The zero-order valence-electron chi connectivity index (χ0n) is 11.7. The van der Waals surface area contributed by atoms with Crippen molar-refractivity contribution in [2.24, 2.45) is 11.0 Å². The van der Waals surface area contributed by atoms with Crippen LogP contribution in [0.2, 0.25) is 5.02 Å². The van der Waals surface area contributed by atoms with E-state index in [0.29, 0.717) is 12.0 Å². The maximum atomic E-state index is 6.02. The van der Waals surface area contributed by atoms with Crippen LogP contribution in [0.15, 0.2) is 59.7 Å². The molecule has 21 heavy (non-hydrogen) atoms. The van der Waals surface area contributed by atoms with E-state index in [-0.39, 0.29) is 0 Å². The van der Waals surface area contributed by atoms with Gasteiger partial charge in [0, 0.05) is 17.2 Å². The first kappa shape index (κ1) is 12.9. The Morgan fingerprint density at radius 1 is 0.952 bits per heavy atom. The van der Waals surface area contributed by atoms with Crippen LogP contribution in [0.5, 0.6) is 0 Å². The number of hydrogen-bond acceptors (Lipinski definition) is 2. The van der Waals surface area contributed by atoms with Crippen molar-refractivity contribution < 1.29 is 0 Å². The van der Waals surface area contributed by atoms with Crippen LogP contribution in [0.1, 0.15) is 30.9 Å². The minimum absolute atomic E-state index is 0.292. The minimum Gasteiger partial charge on any atom is -0.258 e. The maximum absolute atomic E-state index is 6.02. The quantitative estimate of drug-likeness (QED) is 0.773. The number of para-hydroxylation sites is 1. The molecule has 2 aliphatic rings. The van der Waals surface area contributed by atoms with Gasteiger partial charge in [-0.1, -0.05) is 41.9 Å². The normalized spacial score (nSPS) is 21.5. The molecule has 1 heterocycles. The fraction of sp³-hybridized carbons (Fsp3) is 0.278. The van der Waals surface area contributed by atoms with Gasteiger partial charge in [0.15, 0.2) is 0 Å². The zero-order valence-corrected chi connectivity index (χ0v) is 12.5. The lowest BCUT2D eigenvalue weighted by atomic mass is 10.00. The molecule has 2 aromatic rings. The van der Waals surface area contributed by atoms with Gasteiger partial charge in [0.05, 0.1) is 11.7 Å². The molecule has 2 aromatic carbocycles. The number of halogens is 1. The summed E-state index contributed by atoms with van der Waals surface area (Å²) in [6.07, 6.45) is 3.63. The van der Waals surface area contributed by atoms with Gasteiger partial charge in [-0.15, -0.1) is 0 Å². The molecule has 0 radical (unpaired) electrons. The Balaban J connectivity index is 1.70. The van der Waals surface area contributed by atoms with E-state index in [1.165, 1.54) is 24.1 Å². The van der Waals surface area contributed by atoms with Crippen LogP contribution in [-0.4, -0.2) is 5.71 Å². The summed E-state index contributed by atoms with van der Waals surface area (Å²) in [7, 11) is 0. The lowest BCUT2D eigenvalue weighted by molar-refractivity contribution is 0.707. The fourth-order valence-corrected chi connectivity index (χ4v) is 3.09. The van der Waals surface area contributed by atoms with Gasteiger partial charge < -0.3 is 0 Å². The molecule has 0 unspecified atom stereocenters. The molecule has 1 atom stereocenters. The molecule has 1 fully saturated rings. The van der Waals surface area contributed by atoms with Crippen LogP contribution in [0, 0.1) is 5.92 Å². The Labute approximate surface area is 130 Å². The van der Waals surface area contributed by atoms with E-state index in [0.717, 1.165) is 17.1 Å². The first-order chi connectivity index (χ1) is 10.3. The number of anilines is 1. The maximum Gasteiger partial charge on any atom is 0.0828 e. The van der Waals surface area contributed by atoms with Crippen LogP contribution in [0.3, 0.4) is 0 Å². The molecule has 1 aliphatic carbocycles. The summed E-state index contributed by atoms with van der Waals surface area (Å²) in [4.78, 5) is 0. The summed E-state index contributed by atoms with van der Waals surface area (Å²) >= 11 is 6.02. The second kappa shape index (κ2) is 5.19. The minimum atomic E-state index is 0.292. The molecule has 0 bridgehead atoms. The molecule has 4 rings (SSSR count). The third-order valence-electron chi connectivity index (χ3n) is 4.26. The Morgan fingerprint density at radius 2 is 1.67 bits per heavy atom. The summed E-state index contributed by atoms with van der Waals surface area (Å²) in [6.45, 7) is 0. The highest BCUT2D eigenvalue weighted by molar-refractivity contribution is 6.30. The molecule has 1 aliphatic heterocycles. The number of benzene rings is 2. The third-order valence-corrected chi connectivity index (χ3v) is 4.51.